The number of hydrogen-bond donors (Lipinski definition) is 2. The molecule has 1 aromatic heterocycles. The van der Waals surface area contributed by atoms with Gasteiger partial charge in [-0.3, -0.25) is 14.6 Å². The number of amides is 2. The molecule has 27 heavy (non-hydrogen) atoms. The predicted octanol–water partition coefficient (Wildman–Crippen LogP) is 3.29. The first-order chi connectivity index (χ1) is 12.8. The number of carbonyl (C=O) groups excluding carboxylic acids is 2. The Morgan fingerprint density at radius 3 is 2.56 bits per heavy atom. The molecular weight excluding hydrogens is 364 g/mol. The lowest BCUT2D eigenvalue weighted by Crippen LogP contribution is -2.28. The number of halogens is 1. The molecule has 0 unspecified atom stereocenters. The molecule has 6 nitrogen and oxygen atoms in total. The lowest BCUT2D eigenvalue weighted by atomic mass is 10.1. The first-order valence-corrected chi connectivity index (χ1v) is 9.13. The van der Waals surface area contributed by atoms with E-state index in [1.54, 1.807) is 12.1 Å². The number of aryl methyl sites for hydroxylation is 2. The number of benzene rings is 1. The van der Waals surface area contributed by atoms with Crippen LogP contribution < -0.4 is 10.6 Å². The molecule has 0 aliphatic heterocycles. The highest BCUT2D eigenvalue weighted by atomic mass is 35.5. The Morgan fingerprint density at radius 1 is 1.15 bits per heavy atom. The van der Waals surface area contributed by atoms with Crippen LogP contribution in [0.3, 0.4) is 0 Å². The summed E-state index contributed by atoms with van der Waals surface area (Å²) in [4.78, 5) is 30.9. The van der Waals surface area contributed by atoms with E-state index >= 15 is 0 Å². The van der Waals surface area contributed by atoms with Gasteiger partial charge in [-0.2, -0.15) is 0 Å². The molecule has 1 aromatic carbocycles. The zero-order valence-electron chi connectivity index (χ0n) is 16.1. The smallest absolute Gasteiger partial charge is 0.269 e. The molecule has 7 heteroatoms. The average Bonchev–Trinajstić information content (AvgIpc) is 2.61. The van der Waals surface area contributed by atoms with Gasteiger partial charge in [-0.15, -0.1) is 0 Å². The van der Waals surface area contributed by atoms with Crippen LogP contribution in [-0.2, 0) is 0 Å². The topological polar surface area (TPSA) is 74.3 Å². The van der Waals surface area contributed by atoms with E-state index in [-0.39, 0.29) is 17.5 Å². The lowest BCUT2D eigenvalue weighted by molar-refractivity contribution is 0.0947. The third-order valence-electron chi connectivity index (χ3n) is 3.99. The molecule has 2 N–H and O–H groups in total. The monoisotopic (exact) mass is 388 g/mol. The molecule has 0 bridgehead atoms. The number of anilines is 1. The predicted molar refractivity (Wildman–Crippen MR) is 109 cm³/mol. The number of rotatable bonds is 7. The molecule has 0 fully saturated rings. The Balaban J connectivity index is 2.06. The van der Waals surface area contributed by atoms with Crippen LogP contribution >= 0.6 is 11.6 Å². The van der Waals surface area contributed by atoms with Gasteiger partial charge in [0.25, 0.3) is 11.8 Å². The van der Waals surface area contributed by atoms with Crippen molar-refractivity contribution in [2.75, 3.05) is 32.5 Å². The largest absolute Gasteiger partial charge is 0.351 e. The van der Waals surface area contributed by atoms with E-state index in [0.717, 1.165) is 24.1 Å². The van der Waals surface area contributed by atoms with Gasteiger partial charge in [0.05, 0.1) is 10.7 Å². The molecule has 1 heterocycles. The minimum Gasteiger partial charge on any atom is -0.351 e. The maximum atomic E-state index is 12.6. The van der Waals surface area contributed by atoms with Gasteiger partial charge < -0.3 is 15.5 Å². The summed E-state index contributed by atoms with van der Waals surface area (Å²) >= 11 is 6.25. The van der Waals surface area contributed by atoms with E-state index in [4.69, 9.17) is 11.6 Å². The second-order valence-electron chi connectivity index (χ2n) is 6.74. The van der Waals surface area contributed by atoms with Crippen LogP contribution in [0.25, 0.3) is 0 Å². The van der Waals surface area contributed by atoms with E-state index in [2.05, 4.69) is 15.6 Å². The minimum absolute atomic E-state index is 0.208. The van der Waals surface area contributed by atoms with Crippen molar-refractivity contribution in [3.63, 3.8) is 0 Å². The van der Waals surface area contributed by atoms with Crippen molar-refractivity contribution in [2.45, 2.75) is 20.3 Å². The van der Waals surface area contributed by atoms with Crippen LogP contribution in [0.5, 0.6) is 0 Å². The molecule has 0 saturated heterocycles. The molecular formula is C20H25ClN4O2. The van der Waals surface area contributed by atoms with Gasteiger partial charge in [0.15, 0.2) is 0 Å². The lowest BCUT2D eigenvalue weighted by Gasteiger charge is -2.12. The molecule has 2 rings (SSSR count). The molecule has 0 spiro atoms. The molecule has 0 radical (unpaired) electrons. The van der Waals surface area contributed by atoms with E-state index in [9.17, 15) is 9.59 Å². The van der Waals surface area contributed by atoms with Gasteiger partial charge in [-0.1, -0.05) is 17.7 Å². The van der Waals surface area contributed by atoms with Crippen molar-refractivity contribution in [1.82, 2.24) is 15.2 Å². The number of nitrogens with one attached hydrogen (secondary N) is 2. The number of nitrogens with zero attached hydrogens (tertiary/aromatic N) is 2. The Hall–Kier alpha value is -2.44. The zero-order chi connectivity index (χ0) is 20.0. The summed E-state index contributed by atoms with van der Waals surface area (Å²) in [7, 11) is 3.96. The first kappa shape index (κ1) is 20.9. The summed E-state index contributed by atoms with van der Waals surface area (Å²) in [6.07, 6.45) is 2.29. The van der Waals surface area contributed by atoms with Crippen molar-refractivity contribution in [3.05, 3.63) is 57.9 Å². The molecule has 0 aliphatic carbocycles. The number of hydrogen-bond acceptors (Lipinski definition) is 4. The highest BCUT2D eigenvalue weighted by Gasteiger charge is 2.14. The SMILES string of the molecule is Cc1cc(C)c(NC(=O)c2ccnc(C(=O)NCCCN(C)C)c2)c(Cl)c1. The van der Waals surface area contributed by atoms with Crippen molar-refractivity contribution in [2.24, 2.45) is 0 Å². The summed E-state index contributed by atoms with van der Waals surface area (Å²) in [5.41, 5.74) is 3.02. The van der Waals surface area contributed by atoms with E-state index < -0.39 is 0 Å². The van der Waals surface area contributed by atoms with E-state index in [1.165, 1.54) is 12.3 Å². The average molecular weight is 389 g/mol. The third-order valence-corrected chi connectivity index (χ3v) is 4.29. The molecule has 2 aromatic rings. The second-order valence-corrected chi connectivity index (χ2v) is 7.14. The Morgan fingerprint density at radius 2 is 1.89 bits per heavy atom. The fourth-order valence-corrected chi connectivity index (χ4v) is 3.01. The molecule has 144 valence electrons. The van der Waals surface area contributed by atoms with E-state index in [0.29, 0.717) is 22.8 Å². The molecule has 2 amide bonds. The van der Waals surface area contributed by atoms with Crippen LogP contribution in [0.1, 0.15) is 38.4 Å². The maximum absolute atomic E-state index is 12.6. The summed E-state index contributed by atoms with van der Waals surface area (Å²) in [6.45, 7) is 5.25. The molecule has 0 aliphatic rings. The van der Waals surface area contributed by atoms with Crippen LogP contribution in [0, 0.1) is 13.8 Å². The first-order valence-electron chi connectivity index (χ1n) is 8.75. The zero-order valence-corrected chi connectivity index (χ0v) is 16.9. The number of carbonyl (C=O) groups is 2. The van der Waals surface area contributed by atoms with Crippen molar-refractivity contribution < 1.29 is 9.59 Å². The third kappa shape index (κ3) is 6.05. The Bertz CT molecular complexity index is 813. The summed E-state index contributed by atoms with van der Waals surface area (Å²) in [5.74, 6) is -0.638. The summed E-state index contributed by atoms with van der Waals surface area (Å²) in [5, 5.41) is 6.11. The van der Waals surface area contributed by atoms with Crippen molar-refractivity contribution in [3.8, 4) is 0 Å². The summed E-state index contributed by atoms with van der Waals surface area (Å²) < 4.78 is 0. The number of aromatic nitrogens is 1. The van der Waals surface area contributed by atoms with Crippen LogP contribution in [0.15, 0.2) is 30.5 Å². The Labute approximate surface area is 164 Å². The quantitative estimate of drug-likeness (QED) is 0.714. The Kier molecular flexibility index (Phi) is 7.33. The van der Waals surface area contributed by atoms with Crippen LogP contribution in [0.2, 0.25) is 5.02 Å². The highest BCUT2D eigenvalue weighted by molar-refractivity contribution is 6.34. The van der Waals surface area contributed by atoms with Crippen molar-refractivity contribution in [1.29, 1.82) is 0 Å². The van der Waals surface area contributed by atoms with Crippen LogP contribution in [0.4, 0.5) is 5.69 Å². The van der Waals surface area contributed by atoms with Gasteiger partial charge >= 0.3 is 0 Å². The molecule has 0 saturated carbocycles. The van der Waals surface area contributed by atoms with E-state index in [1.807, 2.05) is 38.9 Å². The van der Waals surface area contributed by atoms with Gasteiger partial charge in [0.2, 0.25) is 0 Å². The van der Waals surface area contributed by atoms with Gasteiger partial charge in [0.1, 0.15) is 5.69 Å². The highest BCUT2D eigenvalue weighted by Crippen LogP contribution is 2.27. The van der Waals surface area contributed by atoms with Crippen molar-refractivity contribution >= 4 is 29.1 Å². The fraction of sp³-hybridized carbons (Fsp3) is 0.350. The van der Waals surface area contributed by atoms with Gasteiger partial charge in [-0.25, -0.2) is 0 Å². The number of pyridine rings is 1. The fourth-order valence-electron chi connectivity index (χ4n) is 2.64. The van der Waals surface area contributed by atoms with Crippen LogP contribution in [-0.4, -0.2) is 48.9 Å². The maximum Gasteiger partial charge on any atom is 0.269 e. The summed E-state index contributed by atoms with van der Waals surface area (Å²) in [6, 6.07) is 6.79. The molecule has 0 atom stereocenters. The minimum atomic E-state index is -0.340. The standard InChI is InChI=1S/C20H25ClN4O2/c1-13-10-14(2)18(16(21)11-13)24-19(26)15-6-8-22-17(12-15)20(27)23-7-5-9-25(3)4/h6,8,10-12H,5,7,9H2,1-4H3,(H,23,27)(H,24,26). The normalized spacial score (nSPS) is 10.7. The van der Waals surface area contributed by atoms with Gasteiger partial charge in [-0.05, 0) is 70.2 Å². The second kappa shape index (κ2) is 9.48. The van der Waals surface area contributed by atoms with Gasteiger partial charge in [0, 0.05) is 18.3 Å².